The Kier molecular flexibility index (Phi) is 3.46. The van der Waals surface area contributed by atoms with E-state index in [1.54, 1.807) is 6.26 Å². The highest BCUT2D eigenvalue weighted by molar-refractivity contribution is 8.04. The lowest BCUT2D eigenvalue weighted by Crippen LogP contribution is -2.16. The van der Waals surface area contributed by atoms with Crippen LogP contribution in [0.3, 0.4) is 0 Å². The van der Waals surface area contributed by atoms with Crippen molar-refractivity contribution in [1.82, 2.24) is 5.32 Å². The fourth-order valence-electron chi connectivity index (χ4n) is 1.98. The van der Waals surface area contributed by atoms with Gasteiger partial charge in [0, 0.05) is 12.0 Å². The highest BCUT2D eigenvalue weighted by Gasteiger charge is 2.24. The molecule has 1 fully saturated rings. The number of amides is 1. The van der Waals surface area contributed by atoms with Gasteiger partial charge in [0.2, 0.25) is 12.7 Å². The summed E-state index contributed by atoms with van der Waals surface area (Å²) in [4.78, 5) is 11.4. The van der Waals surface area contributed by atoms with E-state index >= 15 is 0 Å². The Bertz CT molecular complexity index is 551. The number of ether oxygens (including phenoxy) is 2. The maximum atomic E-state index is 11.4. The topological polar surface area (TPSA) is 47.6 Å². The normalized spacial score (nSPS) is 20.4. The Morgan fingerprint density at radius 3 is 2.79 bits per heavy atom. The molecule has 0 bridgehead atoms. The summed E-state index contributed by atoms with van der Waals surface area (Å²) in [6.45, 7) is 0.236. The van der Waals surface area contributed by atoms with Crippen LogP contribution in [0, 0.1) is 0 Å². The molecule has 4 nitrogen and oxygen atoms in total. The van der Waals surface area contributed by atoms with Gasteiger partial charge in [0.25, 0.3) is 0 Å². The highest BCUT2D eigenvalue weighted by Crippen LogP contribution is 2.31. The van der Waals surface area contributed by atoms with Gasteiger partial charge < -0.3 is 14.8 Å². The van der Waals surface area contributed by atoms with Crippen LogP contribution in [0.5, 0.6) is 0 Å². The third-order valence-corrected chi connectivity index (χ3v) is 3.91. The maximum absolute atomic E-state index is 11.4. The van der Waals surface area contributed by atoms with Gasteiger partial charge in [-0.25, -0.2) is 0 Å². The van der Waals surface area contributed by atoms with E-state index in [2.05, 4.69) is 17.4 Å². The average Bonchev–Trinajstić information content (AvgIpc) is 3.09. The molecule has 1 amide bonds. The van der Waals surface area contributed by atoms with E-state index in [1.807, 2.05) is 18.2 Å². The third-order valence-electron chi connectivity index (χ3n) is 2.87. The molecular weight excluding hydrogens is 262 g/mol. The molecule has 2 aliphatic rings. The molecule has 3 rings (SSSR count). The van der Waals surface area contributed by atoms with E-state index in [9.17, 15) is 4.79 Å². The minimum absolute atomic E-state index is 0.0325. The molecule has 0 spiro atoms. The lowest BCUT2D eigenvalue weighted by Gasteiger charge is -2.11. The molecular formula is C14H13NO3S. The van der Waals surface area contributed by atoms with Crippen molar-refractivity contribution >= 4 is 17.7 Å². The summed E-state index contributed by atoms with van der Waals surface area (Å²) in [5.74, 6) is 1.19. The number of hydrogen-bond acceptors (Lipinski definition) is 4. The first kappa shape index (κ1) is 12.2. The van der Waals surface area contributed by atoms with E-state index < -0.39 is 0 Å². The number of thioether (sulfide) groups is 1. The minimum Gasteiger partial charge on any atom is -0.461 e. The molecule has 0 unspecified atom stereocenters. The van der Waals surface area contributed by atoms with Crippen LogP contribution in [0.2, 0.25) is 0 Å². The van der Waals surface area contributed by atoms with E-state index in [-0.39, 0.29) is 12.7 Å². The lowest BCUT2D eigenvalue weighted by atomic mass is 10.0. The van der Waals surface area contributed by atoms with Gasteiger partial charge in [-0.1, -0.05) is 42.1 Å². The standard InChI is InChI=1S/C14H13NO3S/c16-13-8-19-14(15-13)11(12-7-17-9-18-12)6-10-4-2-1-3-5-10/h1-5,7H,6,8-9H2,(H,15,16). The van der Waals surface area contributed by atoms with Crippen LogP contribution >= 0.6 is 11.8 Å². The maximum Gasteiger partial charge on any atom is 0.235 e. The minimum atomic E-state index is 0.0325. The SMILES string of the molecule is O=C1CSC(=C(Cc2ccccc2)C2=COCO2)N1. The van der Waals surface area contributed by atoms with Crippen LogP contribution in [0.4, 0.5) is 0 Å². The zero-order valence-electron chi connectivity index (χ0n) is 10.2. The Balaban J connectivity index is 1.91. The van der Waals surface area contributed by atoms with Crippen LogP contribution < -0.4 is 5.32 Å². The molecule has 0 aromatic heterocycles. The first-order valence-corrected chi connectivity index (χ1v) is 6.96. The average molecular weight is 275 g/mol. The van der Waals surface area contributed by atoms with Crippen LogP contribution in [-0.4, -0.2) is 18.5 Å². The summed E-state index contributed by atoms with van der Waals surface area (Å²) in [6, 6.07) is 10.1. The molecule has 0 aliphatic carbocycles. The zero-order valence-corrected chi connectivity index (χ0v) is 11.0. The fourth-order valence-corrected chi connectivity index (χ4v) is 2.86. The molecule has 2 aliphatic heterocycles. The summed E-state index contributed by atoms with van der Waals surface area (Å²) >= 11 is 1.51. The van der Waals surface area contributed by atoms with E-state index in [0.29, 0.717) is 17.9 Å². The summed E-state index contributed by atoms with van der Waals surface area (Å²) < 4.78 is 10.6. The van der Waals surface area contributed by atoms with Gasteiger partial charge in [-0.15, -0.1) is 0 Å². The Morgan fingerprint density at radius 1 is 1.32 bits per heavy atom. The molecule has 0 atom stereocenters. The van der Waals surface area contributed by atoms with Gasteiger partial charge in [0.1, 0.15) is 6.26 Å². The van der Waals surface area contributed by atoms with Gasteiger partial charge in [0.05, 0.1) is 10.8 Å². The predicted octanol–water partition coefficient (Wildman–Crippen LogP) is 2.15. The smallest absolute Gasteiger partial charge is 0.235 e. The van der Waals surface area contributed by atoms with Gasteiger partial charge in [0.15, 0.2) is 5.76 Å². The highest BCUT2D eigenvalue weighted by atomic mass is 32.2. The van der Waals surface area contributed by atoms with Crippen molar-refractivity contribution < 1.29 is 14.3 Å². The Labute approximate surface area is 115 Å². The van der Waals surface area contributed by atoms with Crippen molar-refractivity contribution in [2.45, 2.75) is 6.42 Å². The molecule has 5 heteroatoms. The van der Waals surface area contributed by atoms with Crippen molar-refractivity contribution in [3.05, 3.63) is 58.5 Å². The second-order valence-corrected chi connectivity index (χ2v) is 5.20. The summed E-state index contributed by atoms with van der Waals surface area (Å²) in [5, 5.41) is 3.74. The predicted molar refractivity (Wildman–Crippen MR) is 72.9 cm³/mol. The van der Waals surface area contributed by atoms with Crippen molar-refractivity contribution in [2.24, 2.45) is 0 Å². The van der Waals surface area contributed by atoms with E-state index in [1.165, 1.54) is 17.3 Å². The molecule has 2 heterocycles. The fraction of sp³-hybridized carbons (Fsp3) is 0.214. The number of allylic oxidation sites excluding steroid dienone is 1. The Morgan fingerprint density at radius 2 is 2.16 bits per heavy atom. The van der Waals surface area contributed by atoms with Gasteiger partial charge >= 0.3 is 0 Å². The second kappa shape index (κ2) is 5.40. The van der Waals surface area contributed by atoms with Gasteiger partial charge in [-0.3, -0.25) is 4.79 Å². The number of carbonyl (C=O) groups excluding carboxylic acids is 1. The number of benzene rings is 1. The van der Waals surface area contributed by atoms with Crippen LogP contribution in [0.25, 0.3) is 0 Å². The zero-order chi connectivity index (χ0) is 13.1. The summed E-state index contributed by atoms with van der Waals surface area (Å²) in [6.07, 6.45) is 2.31. The summed E-state index contributed by atoms with van der Waals surface area (Å²) in [7, 11) is 0. The first-order chi connectivity index (χ1) is 9.33. The molecule has 98 valence electrons. The quantitative estimate of drug-likeness (QED) is 0.918. The van der Waals surface area contributed by atoms with E-state index in [0.717, 1.165) is 10.6 Å². The van der Waals surface area contributed by atoms with Crippen LogP contribution in [0.15, 0.2) is 53.0 Å². The number of rotatable bonds is 3. The van der Waals surface area contributed by atoms with Crippen molar-refractivity contribution in [2.75, 3.05) is 12.5 Å². The number of hydrogen-bond donors (Lipinski definition) is 1. The first-order valence-electron chi connectivity index (χ1n) is 5.97. The second-order valence-electron chi connectivity index (χ2n) is 4.22. The molecule has 1 aromatic carbocycles. The Hall–Kier alpha value is -1.88. The number of carbonyl (C=O) groups is 1. The van der Waals surface area contributed by atoms with Gasteiger partial charge in [-0.2, -0.15) is 0 Å². The monoisotopic (exact) mass is 275 g/mol. The molecule has 0 saturated carbocycles. The van der Waals surface area contributed by atoms with Crippen molar-refractivity contribution in [3.8, 4) is 0 Å². The lowest BCUT2D eigenvalue weighted by molar-refractivity contribution is -0.117. The molecule has 19 heavy (non-hydrogen) atoms. The molecule has 1 aromatic rings. The molecule has 1 N–H and O–H groups in total. The molecule has 1 saturated heterocycles. The van der Waals surface area contributed by atoms with Crippen molar-refractivity contribution in [3.63, 3.8) is 0 Å². The van der Waals surface area contributed by atoms with Crippen LogP contribution in [-0.2, 0) is 20.7 Å². The van der Waals surface area contributed by atoms with Crippen molar-refractivity contribution in [1.29, 1.82) is 0 Å². The van der Waals surface area contributed by atoms with Gasteiger partial charge in [-0.05, 0) is 5.56 Å². The largest absolute Gasteiger partial charge is 0.461 e. The van der Waals surface area contributed by atoms with E-state index in [4.69, 9.17) is 9.47 Å². The van der Waals surface area contributed by atoms with Crippen LogP contribution in [0.1, 0.15) is 5.56 Å². The third kappa shape index (κ3) is 2.76. The summed E-state index contributed by atoms with van der Waals surface area (Å²) in [5.41, 5.74) is 2.14. The number of nitrogens with one attached hydrogen (secondary N) is 1. The molecule has 0 radical (unpaired) electrons.